The zero-order valence-electron chi connectivity index (χ0n) is 10.1. The molecule has 0 radical (unpaired) electrons. The van der Waals surface area contributed by atoms with Crippen molar-refractivity contribution >= 4 is 46.4 Å². The monoisotopic (exact) mass is 333 g/mol. The van der Waals surface area contributed by atoms with Gasteiger partial charge in [-0.1, -0.05) is 58.5 Å². The van der Waals surface area contributed by atoms with Crippen LogP contribution < -0.4 is 5.73 Å². The van der Waals surface area contributed by atoms with Gasteiger partial charge in [-0.05, 0) is 35.7 Å². The Morgan fingerprint density at radius 2 is 1.63 bits per heavy atom. The van der Waals surface area contributed by atoms with Crippen LogP contribution in [0.25, 0.3) is 11.1 Å². The van der Waals surface area contributed by atoms with E-state index >= 15 is 0 Å². The zero-order chi connectivity index (χ0) is 14.2. The number of hydrogen-bond acceptors (Lipinski definition) is 1. The molecule has 100 valence electrons. The number of hydrogen-bond donors (Lipinski definition) is 1. The molecular weight excluding hydrogens is 324 g/mol. The number of rotatable bonds is 2. The molecule has 2 rings (SSSR count). The largest absolute Gasteiger partial charge is 0.326 e. The molecular formula is C14H11Cl4N. The molecule has 0 saturated carbocycles. The van der Waals surface area contributed by atoms with Crippen molar-refractivity contribution in [2.45, 2.75) is 13.5 Å². The van der Waals surface area contributed by atoms with E-state index in [2.05, 4.69) is 0 Å². The third-order valence-electron chi connectivity index (χ3n) is 2.92. The van der Waals surface area contributed by atoms with Gasteiger partial charge in [0, 0.05) is 12.1 Å². The first-order valence-electron chi connectivity index (χ1n) is 5.58. The fourth-order valence-electron chi connectivity index (χ4n) is 1.88. The van der Waals surface area contributed by atoms with Crippen LogP contribution in [0.1, 0.15) is 11.1 Å². The Kier molecular flexibility index (Phi) is 4.65. The summed E-state index contributed by atoms with van der Waals surface area (Å²) in [7, 11) is 0. The molecule has 0 fully saturated rings. The average Bonchev–Trinajstić information content (AvgIpc) is 2.38. The fraction of sp³-hybridized carbons (Fsp3) is 0.143. The topological polar surface area (TPSA) is 26.0 Å². The van der Waals surface area contributed by atoms with E-state index in [0.717, 1.165) is 16.7 Å². The number of aryl methyl sites for hydroxylation is 1. The van der Waals surface area contributed by atoms with Gasteiger partial charge in [0.25, 0.3) is 0 Å². The van der Waals surface area contributed by atoms with Crippen LogP contribution in [-0.4, -0.2) is 0 Å². The van der Waals surface area contributed by atoms with Crippen molar-refractivity contribution in [1.82, 2.24) is 0 Å². The van der Waals surface area contributed by atoms with Crippen LogP contribution in [0.5, 0.6) is 0 Å². The summed E-state index contributed by atoms with van der Waals surface area (Å²) in [6, 6.07) is 7.51. The van der Waals surface area contributed by atoms with Gasteiger partial charge in [0.2, 0.25) is 0 Å². The first kappa shape index (κ1) is 15.0. The van der Waals surface area contributed by atoms with Gasteiger partial charge in [0.05, 0.1) is 20.1 Å². The Labute approximate surface area is 132 Å². The molecule has 1 nitrogen and oxygen atoms in total. The van der Waals surface area contributed by atoms with Crippen LogP contribution in [-0.2, 0) is 6.54 Å². The quantitative estimate of drug-likeness (QED) is 0.550. The van der Waals surface area contributed by atoms with E-state index in [-0.39, 0.29) is 0 Å². The highest BCUT2D eigenvalue weighted by Crippen LogP contribution is 2.44. The van der Waals surface area contributed by atoms with Crippen molar-refractivity contribution in [3.63, 3.8) is 0 Å². The molecule has 2 aromatic rings. The van der Waals surface area contributed by atoms with E-state index in [9.17, 15) is 0 Å². The van der Waals surface area contributed by atoms with Crippen molar-refractivity contribution in [3.8, 4) is 11.1 Å². The zero-order valence-corrected chi connectivity index (χ0v) is 13.1. The molecule has 0 atom stereocenters. The third kappa shape index (κ3) is 2.86. The normalized spacial score (nSPS) is 10.8. The first-order chi connectivity index (χ1) is 8.95. The second kappa shape index (κ2) is 5.90. The standard InChI is InChI=1S/C14H11Cl4N/c1-7-2-3-8(6-19)4-9(7)12-10(15)5-11(16)13(17)14(12)18/h2-5H,6,19H2,1H3. The summed E-state index contributed by atoms with van der Waals surface area (Å²) in [5, 5.41) is 1.47. The lowest BCUT2D eigenvalue weighted by Crippen LogP contribution is -1.97. The first-order valence-corrected chi connectivity index (χ1v) is 7.09. The number of benzene rings is 2. The summed E-state index contributed by atoms with van der Waals surface area (Å²) in [5.41, 5.74) is 9.30. The maximum absolute atomic E-state index is 6.27. The predicted molar refractivity (Wildman–Crippen MR) is 84.5 cm³/mol. The molecule has 0 bridgehead atoms. The van der Waals surface area contributed by atoms with Gasteiger partial charge in [-0.3, -0.25) is 0 Å². The predicted octanol–water partition coefficient (Wildman–Crippen LogP) is 5.73. The van der Waals surface area contributed by atoms with E-state index in [4.69, 9.17) is 52.1 Å². The summed E-state index contributed by atoms with van der Waals surface area (Å²) >= 11 is 24.6. The highest BCUT2D eigenvalue weighted by molar-refractivity contribution is 6.51. The SMILES string of the molecule is Cc1ccc(CN)cc1-c1c(Cl)cc(Cl)c(Cl)c1Cl. The molecule has 19 heavy (non-hydrogen) atoms. The summed E-state index contributed by atoms with van der Waals surface area (Å²) in [6.07, 6.45) is 0. The van der Waals surface area contributed by atoms with Crippen molar-refractivity contribution in [2.24, 2.45) is 5.73 Å². The second-order valence-electron chi connectivity index (χ2n) is 4.20. The highest BCUT2D eigenvalue weighted by Gasteiger charge is 2.17. The van der Waals surface area contributed by atoms with Gasteiger partial charge in [-0.25, -0.2) is 0 Å². The van der Waals surface area contributed by atoms with Crippen molar-refractivity contribution < 1.29 is 0 Å². The van der Waals surface area contributed by atoms with Gasteiger partial charge in [-0.2, -0.15) is 0 Å². The van der Waals surface area contributed by atoms with E-state index in [1.807, 2.05) is 25.1 Å². The lowest BCUT2D eigenvalue weighted by atomic mass is 9.98. The molecule has 0 aromatic heterocycles. The molecule has 0 amide bonds. The fourth-order valence-corrected chi connectivity index (χ4v) is 2.99. The second-order valence-corrected chi connectivity index (χ2v) is 5.77. The van der Waals surface area contributed by atoms with E-state index in [0.29, 0.717) is 32.2 Å². The molecule has 0 saturated heterocycles. The minimum absolute atomic E-state index is 0.306. The van der Waals surface area contributed by atoms with Crippen LogP contribution in [0.3, 0.4) is 0 Å². The van der Waals surface area contributed by atoms with Gasteiger partial charge in [-0.15, -0.1) is 0 Å². The minimum Gasteiger partial charge on any atom is -0.326 e. The minimum atomic E-state index is 0.306. The van der Waals surface area contributed by atoms with Crippen molar-refractivity contribution in [1.29, 1.82) is 0 Å². The van der Waals surface area contributed by atoms with Crippen LogP contribution in [0.15, 0.2) is 24.3 Å². The Balaban J connectivity index is 2.75. The van der Waals surface area contributed by atoms with Crippen LogP contribution >= 0.6 is 46.4 Å². The third-order valence-corrected chi connectivity index (χ3v) is 4.48. The Hall–Kier alpha value is -0.440. The molecule has 0 heterocycles. The molecule has 0 aliphatic carbocycles. The Bertz CT molecular complexity index is 638. The molecule has 0 aliphatic heterocycles. The average molecular weight is 335 g/mol. The molecule has 0 unspecified atom stereocenters. The van der Waals surface area contributed by atoms with Crippen LogP contribution in [0.2, 0.25) is 20.1 Å². The van der Waals surface area contributed by atoms with Crippen molar-refractivity contribution in [2.75, 3.05) is 0 Å². The summed E-state index contributed by atoms with van der Waals surface area (Å²) in [6.45, 7) is 2.43. The molecule has 2 aromatic carbocycles. The highest BCUT2D eigenvalue weighted by atomic mass is 35.5. The van der Waals surface area contributed by atoms with Crippen LogP contribution in [0.4, 0.5) is 0 Å². The Morgan fingerprint density at radius 3 is 2.26 bits per heavy atom. The van der Waals surface area contributed by atoms with E-state index in [1.165, 1.54) is 0 Å². The van der Waals surface area contributed by atoms with Gasteiger partial charge in [0.15, 0.2) is 0 Å². The maximum Gasteiger partial charge on any atom is 0.0785 e. The van der Waals surface area contributed by atoms with E-state index < -0.39 is 0 Å². The van der Waals surface area contributed by atoms with Gasteiger partial charge < -0.3 is 5.73 Å². The smallest absolute Gasteiger partial charge is 0.0785 e. The molecule has 0 aliphatic rings. The van der Waals surface area contributed by atoms with Gasteiger partial charge >= 0.3 is 0 Å². The number of halogens is 4. The lowest BCUT2D eigenvalue weighted by molar-refractivity contribution is 1.07. The molecule has 5 heteroatoms. The Morgan fingerprint density at radius 1 is 0.947 bits per heavy atom. The lowest BCUT2D eigenvalue weighted by Gasteiger charge is -2.14. The van der Waals surface area contributed by atoms with Crippen molar-refractivity contribution in [3.05, 3.63) is 55.5 Å². The maximum atomic E-state index is 6.27. The summed E-state index contributed by atoms with van der Waals surface area (Å²) < 4.78 is 0. The summed E-state index contributed by atoms with van der Waals surface area (Å²) in [4.78, 5) is 0. The van der Waals surface area contributed by atoms with E-state index in [1.54, 1.807) is 6.07 Å². The summed E-state index contributed by atoms with van der Waals surface area (Å²) in [5.74, 6) is 0. The molecule has 2 N–H and O–H groups in total. The molecule has 0 spiro atoms. The number of nitrogens with two attached hydrogens (primary N) is 1. The van der Waals surface area contributed by atoms with Gasteiger partial charge in [0.1, 0.15) is 0 Å². The van der Waals surface area contributed by atoms with Crippen LogP contribution in [0, 0.1) is 6.92 Å².